The summed E-state index contributed by atoms with van der Waals surface area (Å²) >= 11 is 0. The van der Waals surface area contributed by atoms with Crippen LogP contribution in [-0.4, -0.2) is 67.5 Å². The molecule has 1 aliphatic carbocycles. The van der Waals surface area contributed by atoms with Crippen molar-refractivity contribution in [2.24, 2.45) is 5.41 Å². The summed E-state index contributed by atoms with van der Waals surface area (Å²) in [6.07, 6.45) is 5.73. The SMILES string of the molecule is CCC1CCCCN1C(=O)C1(C(=O)N2CCN(c3ccccc3OC)CC2)CC1. The summed E-state index contributed by atoms with van der Waals surface area (Å²) in [5, 5.41) is 0. The van der Waals surface area contributed by atoms with Crippen LogP contribution in [0.5, 0.6) is 5.75 Å². The minimum Gasteiger partial charge on any atom is -0.495 e. The second-order valence-electron chi connectivity index (χ2n) is 8.59. The fourth-order valence-corrected chi connectivity index (χ4v) is 4.96. The van der Waals surface area contributed by atoms with Gasteiger partial charge in [-0.2, -0.15) is 0 Å². The quantitative estimate of drug-likeness (QED) is 0.715. The highest BCUT2D eigenvalue weighted by Crippen LogP contribution is 2.50. The van der Waals surface area contributed by atoms with Crippen LogP contribution in [0.3, 0.4) is 0 Å². The van der Waals surface area contributed by atoms with Gasteiger partial charge in [0.25, 0.3) is 0 Å². The van der Waals surface area contributed by atoms with Crippen molar-refractivity contribution in [3.8, 4) is 5.75 Å². The Bertz CT molecular complexity index is 753. The Balaban J connectivity index is 1.41. The summed E-state index contributed by atoms with van der Waals surface area (Å²) in [5.41, 5.74) is 0.301. The number of hydrogen-bond donors (Lipinski definition) is 0. The second kappa shape index (κ2) is 8.25. The minimum atomic E-state index is -0.767. The van der Waals surface area contributed by atoms with Crippen molar-refractivity contribution in [2.45, 2.75) is 51.5 Å². The molecule has 3 aliphatic rings. The molecule has 1 saturated carbocycles. The molecule has 1 unspecified atom stereocenters. The number of carbonyl (C=O) groups excluding carboxylic acids is 2. The van der Waals surface area contributed by atoms with E-state index in [2.05, 4.69) is 17.9 Å². The zero-order chi connectivity index (χ0) is 20.4. The van der Waals surface area contributed by atoms with E-state index in [0.29, 0.717) is 32.0 Å². The average Bonchev–Trinajstić information content (AvgIpc) is 3.60. The number of carbonyl (C=O) groups is 2. The van der Waals surface area contributed by atoms with Gasteiger partial charge in [0.15, 0.2) is 0 Å². The van der Waals surface area contributed by atoms with Gasteiger partial charge >= 0.3 is 0 Å². The van der Waals surface area contributed by atoms with Crippen LogP contribution in [0.1, 0.15) is 45.4 Å². The summed E-state index contributed by atoms with van der Waals surface area (Å²) in [5.74, 6) is 1.01. The highest BCUT2D eigenvalue weighted by molar-refractivity contribution is 6.08. The third kappa shape index (κ3) is 3.69. The van der Waals surface area contributed by atoms with Gasteiger partial charge in [0.2, 0.25) is 11.8 Å². The Morgan fingerprint density at radius 1 is 1.03 bits per heavy atom. The largest absolute Gasteiger partial charge is 0.495 e. The van der Waals surface area contributed by atoms with Crippen molar-refractivity contribution in [1.29, 1.82) is 0 Å². The maximum absolute atomic E-state index is 13.4. The van der Waals surface area contributed by atoms with E-state index < -0.39 is 5.41 Å². The molecule has 0 aromatic heterocycles. The number of piperidine rings is 1. The maximum atomic E-state index is 13.4. The summed E-state index contributed by atoms with van der Waals surface area (Å²) in [6.45, 7) is 5.80. The van der Waals surface area contributed by atoms with Crippen LogP contribution in [0, 0.1) is 5.41 Å². The first-order chi connectivity index (χ1) is 14.1. The molecule has 4 rings (SSSR count). The lowest BCUT2D eigenvalue weighted by Crippen LogP contribution is -2.55. The van der Waals surface area contributed by atoms with Crippen LogP contribution in [0.15, 0.2) is 24.3 Å². The molecule has 3 fully saturated rings. The van der Waals surface area contributed by atoms with Gasteiger partial charge in [-0.3, -0.25) is 9.59 Å². The number of hydrogen-bond acceptors (Lipinski definition) is 4. The molecule has 29 heavy (non-hydrogen) atoms. The Kier molecular flexibility index (Phi) is 5.70. The highest BCUT2D eigenvalue weighted by atomic mass is 16.5. The molecule has 0 bridgehead atoms. The standard InChI is InChI=1S/C23H33N3O3/c1-3-18-8-6-7-13-26(18)22(28)23(11-12-23)21(27)25-16-14-24(15-17-25)19-9-4-5-10-20(19)29-2/h4-5,9-10,18H,3,6-8,11-17H2,1-2H3. The van der Waals surface area contributed by atoms with Gasteiger partial charge in [0, 0.05) is 38.8 Å². The van der Waals surface area contributed by atoms with Gasteiger partial charge in [-0.05, 0) is 50.7 Å². The number of anilines is 1. The van der Waals surface area contributed by atoms with Gasteiger partial charge < -0.3 is 19.4 Å². The number of amides is 2. The van der Waals surface area contributed by atoms with Crippen LogP contribution in [0.2, 0.25) is 0 Å². The molecule has 2 amide bonds. The molecule has 0 spiro atoms. The van der Waals surface area contributed by atoms with Gasteiger partial charge in [0.05, 0.1) is 12.8 Å². The topological polar surface area (TPSA) is 53.1 Å². The molecular weight excluding hydrogens is 366 g/mol. The number of rotatable bonds is 5. The molecule has 0 radical (unpaired) electrons. The normalized spacial score (nSPS) is 23.7. The van der Waals surface area contributed by atoms with Gasteiger partial charge in [-0.1, -0.05) is 19.1 Å². The number of methoxy groups -OCH3 is 1. The molecule has 2 saturated heterocycles. The number of benzene rings is 1. The third-order valence-corrected chi connectivity index (χ3v) is 6.92. The van der Waals surface area contributed by atoms with Crippen molar-refractivity contribution >= 4 is 17.5 Å². The Hall–Kier alpha value is -2.24. The van der Waals surface area contributed by atoms with E-state index in [1.54, 1.807) is 7.11 Å². The number of piperazine rings is 1. The first-order valence-corrected chi connectivity index (χ1v) is 11.1. The lowest BCUT2D eigenvalue weighted by molar-refractivity contribution is -0.152. The van der Waals surface area contributed by atoms with Crippen molar-refractivity contribution in [2.75, 3.05) is 44.7 Å². The Morgan fingerprint density at radius 3 is 2.41 bits per heavy atom. The summed E-state index contributed by atoms with van der Waals surface area (Å²) in [7, 11) is 1.69. The molecule has 1 atom stereocenters. The molecule has 1 aromatic rings. The van der Waals surface area contributed by atoms with Gasteiger partial charge in [-0.15, -0.1) is 0 Å². The Labute approximate surface area is 173 Å². The number of para-hydroxylation sites is 2. The smallest absolute Gasteiger partial charge is 0.238 e. The fraction of sp³-hybridized carbons (Fsp3) is 0.652. The average molecular weight is 400 g/mol. The van der Waals surface area contributed by atoms with Gasteiger partial charge in [0.1, 0.15) is 11.2 Å². The molecule has 6 nitrogen and oxygen atoms in total. The molecule has 2 aliphatic heterocycles. The second-order valence-corrected chi connectivity index (χ2v) is 8.59. The van der Waals surface area contributed by atoms with Gasteiger partial charge in [-0.25, -0.2) is 0 Å². The first kappa shape index (κ1) is 20.0. The molecular formula is C23H33N3O3. The zero-order valence-corrected chi connectivity index (χ0v) is 17.7. The van der Waals surface area contributed by atoms with Crippen molar-refractivity contribution < 1.29 is 14.3 Å². The van der Waals surface area contributed by atoms with E-state index in [1.807, 2.05) is 28.0 Å². The predicted molar refractivity (Wildman–Crippen MR) is 113 cm³/mol. The third-order valence-electron chi connectivity index (χ3n) is 6.92. The monoisotopic (exact) mass is 399 g/mol. The van der Waals surface area contributed by atoms with Crippen LogP contribution >= 0.6 is 0 Å². The Morgan fingerprint density at radius 2 is 1.76 bits per heavy atom. The lowest BCUT2D eigenvalue weighted by atomic mass is 9.95. The van der Waals surface area contributed by atoms with E-state index in [4.69, 9.17) is 4.74 Å². The van der Waals surface area contributed by atoms with Crippen LogP contribution in [0.25, 0.3) is 0 Å². The van der Waals surface area contributed by atoms with E-state index >= 15 is 0 Å². The zero-order valence-electron chi connectivity index (χ0n) is 17.7. The van der Waals surface area contributed by atoms with Crippen LogP contribution in [0.4, 0.5) is 5.69 Å². The minimum absolute atomic E-state index is 0.0580. The molecule has 2 heterocycles. The first-order valence-electron chi connectivity index (χ1n) is 11.1. The highest BCUT2D eigenvalue weighted by Gasteiger charge is 2.60. The van der Waals surface area contributed by atoms with Crippen LogP contribution in [-0.2, 0) is 9.59 Å². The molecule has 6 heteroatoms. The number of likely N-dealkylation sites (tertiary alicyclic amines) is 1. The predicted octanol–water partition coefficient (Wildman–Crippen LogP) is 2.92. The number of nitrogens with zero attached hydrogens (tertiary/aromatic N) is 3. The van der Waals surface area contributed by atoms with E-state index in [-0.39, 0.29) is 11.8 Å². The molecule has 0 N–H and O–H groups in total. The van der Waals surface area contributed by atoms with Crippen LogP contribution < -0.4 is 9.64 Å². The summed E-state index contributed by atoms with van der Waals surface area (Å²) in [6, 6.07) is 8.31. The fourth-order valence-electron chi connectivity index (χ4n) is 4.96. The van der Waals surface area contributed by atoms with E-state index in [1.165, 1.54) is 6.42 Å². The van der Waals surface area contributed by atoms with Crippen molar-refractivity contribution in [3.05, 3.63) is 24.3 Å². The van der Waals surface area contributed by atoms with E-state index in [9.17, 15) is 9.59 Å². The maximum Gasteiger partial charge on any atom is 0.238 e. The molecule has 158 valence electrons. The summed E-state index contributed by atoms with van der Waals surface area (Å²) in [4.78, 5) is 32.9. The molecule has 1 aromatic carbocycles. The lowest BCUT2D eigenvalue weighted by Gasteiger charge is -2.40. The summed E-state index contributed by atoms with van der Waals surface area (Å²) < 4.78 is 5.48. The number of ether oxygens (including phenoxy) is 1. The van der Waals surface area contributed by atoms with Crippen molar-refractivity contribution in [3.63, 3.8) is 0 Å². The van der Waals surface area contributed by atoms with Crippen molar-refractivity contribution in [1.82, 2.24) is 9.80 Å². The van der Waals surface area contributed by atoms with E-state index in [0.717, 1.165) is 50.3 Å².